The van der Waals surface area contributed by atoms with E-state index >= 15 is 0 Å². The van der Waals surface area contributed by atoms with Gasteiger partial charge in [0.1, 0.15) is 0 Å². The summed E-state index contributed by atoms with van der Waals surface area (Å²) in [4.78, 5) is 4.37. The van der Waals surface area contributed by atoms with Gasteiger partial charge in [0.15, 0.2) is 0 Å². The molecule has 0 aromatic carbocycles. The minimum absolute atomic E-state index is 0.303. The molecule has 0 radical (unpaired) electrons. The van der Waals surface area contributed by atoms with Crippen molar-refractivity contribution in [1.82, 2.24) is 0 Å². The minimum atomic E-state index is 0.303. The molecule has 66 valence electrons. The number of allylic oxidation sites excluding steroid dienone is 1. The van der Waals surface area contributed by atoms with Crippen LogP contribution in [0.3, 0.4) is 0 Å². The van der Waals surface area contributed by atoms with Crippen LogP contribution >= 0.6 is 0 Å². The van der Waals surface area contributed by atoms with E-state index in [-0.39, 0.29) is 0 Å². The van der Waals surface area contributed by atoms with Crippen molar-refractivity contribution in [3.8, 4) is 0 Å². The fraction of sp³-hybridized carbons (Fsp3) is 0.727. The average molecular weight is 163 g/mol. The van der Waals surface area contributed by atoms with Crippen molar-refractivity contribution in [2.75, 3.05) is 6.54 Å². The van der Waals surface area contributed by atoms with E-state index in [2.05, 4.69) is 32.0 Å². The normalized spacial score (nSPS) is 23.9. The minimum Gasteiger partial charge on any atom is -0.288 e. The SMILES string of the molecule is CC(C)(C)C1=C(C2CC2)CN=C1. The summed E-state index contributed by atoms with van der Waals surface area (Å²) < 4.78 is 0. The summed E-state index contributed by atoms with van der Waals surface area (Å²) in [7, 11) is 0. The molecular formula is C11H17N. The first kappa shape index (κ1) is 8.03. The van der Waals surface area contributed by atoms with Crippen LogP contribution < -0.4 is 0 Å². The molecule has 1 fully saturated rings. The molecule has 2 aliphatic rings. The van der Waals surface area contributed by atoms with Crippen LogP contribution in [-0.4, -0.2) is 12.8 Å². The third-order valence-electron chi connectivity index (χ3n) is 2.71. The van der Waals surface area contributed by atoms with Crippen LogP contribution in [0.5, 0.6) is 0 Å². The van der Waals surface area contributed by atoms with Gasteiger partial charge in [-0.3, -0.25) is 4.99 Å². The predicted octanol–water partition coefficient (Wildman–Crippen LogP) is 2.82. The molecule has 0 unspecified atom stereocenters. The Balaban J connectivity index is 2.28. The highest BCUT2D eigenvalue weighted by Crippen LogP contribution is 2.43. The van der Waals surface area contributed by atoms with Gasteiger partial charge in [-0.1, -0.05) is 20.8 Å². The highest BCUT2D eigenvalue weighted by Gasteiger charge is 2.32. The molecule has 1 aliphatic carbocycles. The van der Waals surface area contributed by atoms with Crippen molar-refractivity contribution in [3.63, 3.8) is 0 Å². The standard InChI is InChI=1S/C11H17N/c1-11(2,3)10-7-12-6-9(10)8-4-5-8/h7-8H,4-6H2,1-3H3. The number of hydrogen-bond donors (Lipinski definition) is 0. The van der Waals surface area contributed by atoms with E-state index in [0.29, 0.717) is 5.41 Å². The molecule has 1 nitrogen and oxygen atoms in total. The van der Waals surface area contributed by atoms with Crippen LogP contribution in [0, 0.1) is 11.3 Å². The van der Waals surface area contributed by atoms with Gasteiger partial charge in [-0.15, -0.1) is 0 Å². The fourth-order valence-corrected chi connectivity index (χ4v) is 1.86. The van der Waals surface area contributed by atoms with Crippen LogP contribution in [-0.2, 0) is 0 Å². The molecule has 0 saturated heterocycles. The predicted molar refractivity (Wildman–Crippen MR) is 52.6 cm³/mol. The van der Waals surface area contributed by atoms with E-state index in [1.165, 1.54) is 18.4 Å². The molecule has 1 heterocycles. The zero-order chi connectivity index (χ0) is 8.77. The molecule has 0 spiro atoms. The summed E-state index contributed by atoms with van der Waals surface area (Å²) in [5, 5.41) is 0. The maximum Gasteiger partial charge on any atom is 0.0608 e. The number of nitrogens with zero attached hydrogens (tertiary/aromatic N) is 1. The first-order chi connectivity index (χ1) is 5.59. The van der Waals surface area contributed by atoms with Crippen molar-refractivity contribution >= 4 is 6.21 Å². The molecule has 0 atom stereocenters. The van der Waals surface area contributed by atoms with E-state index in [0.717, 1.165) is 12.5 Å². The third-order valence-corrected chi connectivity index (χ3v) is 2.71. The Morgan fingerprint density at radius 2 is 2.00 bits per heavy atom. The Kier molecular flexibility index (Phi) is 1.64. The second-order valence-electron chi connectivity index (χ2n) is 4.93. The highest BCUT2D eigenvalue weighted by molar-refractivity contribution is 5.84. The summed E-state index contributed by atoms with van der Waals surface area (Å²) >= 11 is 0. The number of aliphatic imine (C=N–C) groups is 1. The van der Waals surface area contributed by atoms with Crippen LogP contribution in [0.2, 0.25) is 0 Å². The van der Waals surface area contributed by atoms with Gasteiger partial charge in [0.25, 0.3) is 0 Å². The summed E-state index contributed by atoms with van der Waals surface area (Å²) in [6, 6.07) is 0. The Bertz CT molecular complexity index is 249. The second kappa shape index (κ2) is 2.45. The van der Waals surface area contributed by atoms with Crippen molar-refractivity contribution in [3.05, 3.63) is 11.1 Å². The molecule has 0 N–H and O–H groups in total. The van der Waals surface area contributed by atoms with Gasteiger partial charge >= 0.3 is 0 Å². The maximum atomic E-state index is 4.37. The lowest BCUT2D eigenvalue weighted by Crippen LogP contribution is -2.12. The van der Waals surface area contributed by atoms with E-state index in [1.807, 2.05) is 0 Å². The fourth-order valence-electron chi connectivity index (χ4n) is 1.86. The topological polar surface area (TPSA) is 12.4 Å². The van der Waals surface area contributed by atoms with Crippen molar-refractivity contribution in [2.24, 2.45) is 16.3 Å². The number of rotatable bonds is 1. The molecule has 1 heteroatoms. The zero-order valence-corrected chi connectivity index (χ0v) is 8.22. The Morgan fingerprint density at radius 1 is 1.33 bits per heavy atom. The van der Waals surface area contributed by atoms with Crippen LogP contribution in [0.1, 0.15) is 33.6 Å². The molecule has 0 aromatic rings. The molecule has 12 heavy (non-hydrogen) atoms. The van der Waals surface area contributed by atoms with Gasteiger partial charge in [0.05, 0.1) is 6.54 Å². The molecule has 0 aromatic heterocycles. The monoisotopic (exact) mass is 163 g/mol. The summed E-state index contributed by atoms with van der Waals surface area (Å²) in [6.07, 6.45) is 4.89. The van der Waals surface area contributed by atoms with E-state index in [9.17, 15) is 0 Å². The van der Waals surface area contributed by atoms with Gasteiger partial charge in [-0.25, -0.2) is 0 Å². The first-order valence-electron chi connectivity index (χ1n) is 4.82. The van der Waals surface area contributed by atoms with Crippen LogP contribution in [0.15, 0.2) is 16.1 Å². The molecule has 2 rings (SSSR count). The second-order valence-corrected chi connectivity index (χ2v) is 4.93. The van der Waals surface area contributed by atoms with E-state index in [4.69, 9.17) is 0 Å². The lowest BCUT2D eigenvalue weighted by Gasteiger charge is -2.20. The Labute approximate surface area is 74.6 Å². The first-order valence-corrected chi connectivity index (χ1v) is 4.82. The molecule has 1 saturated carbocycles. The molecular weight excluding hydrogens is 146 g/mol. The van der Waals surface area contributed by atoms with Crippen molar-refractivity contribution in [1.29, 1.82) is 0 Å². The summed E-state index contributed by atoms with van der Waals surface area (Å²) in [6.45, 7) is 7.82. The van der Waals surface area contributed by atoms with Crippen LogP contribution in [0.4, 0.5) is 0 Å². The van der Waals surface area contributed by atoms with E-state index in [1.54, 1.807) is 5.57 Å². The van der Waals surface area contributed by atoms with Gasteiger partial charge in [-0.2, -0.15) is 0 Å². The maximum absolute atomic E-state index is 4.37. The lowest BCUT2D eigenvalue weighted by molar-refractivity contribution is 0.520. The number of hydrogen-bond acceptors (Lipinski definition) is 1. The van der Waals surface area contributed by atoms with Crippen molar-refractivity contribution in [2.45, 2.75) is 33.6 Å². The highest BCUT2D eigenvalue weighted by atomic mass is 14.7. The Morgan fingerprint density at radius 3 is 2.50 bits per heavy atom. The van der Waals surface area contributed by atoms with Crippen LogP contribution in [0.25, 0.3) is 0 Å². The summed E-state index contributed by atoms with van der Waals surface area (Å²) in [5.41, 5.74) is 3.44. The third kappa shape index (κ3) is 1.33. The van der Waals surface area contributed by atoms with E-state index < -0.39 is 0 Å². The largest absolute Gasteiger partial charge is 0.288 e. The lowest BCUT2D eigenvalue weighted by atomic mass is 9.84. The zero-order valence-electron chi connectivity index (χ0n) is 8.22. The quantitative estimate of drug-likeness (QED) is 0.563. The van der Waals surface area contributed by atoms with Crippen molar-refractivity contribution < 1.29 is 0 Å². The van der Waals surface area contributed by atoms with Gasteiger partial charge in [0, 0.05) is 6.21 Å². The van der Waals surface area contributed by atoms with Gasteiger partial charge < -0.3 is 0 Å². The van der Waals surface area contributed by atoms with Gasteiger partial charge in [0.2, 0.25) is 0 Å². The average Bonchev–Trinajstić information content (AvgIpc) is 2.65. The van der Waals surface area contributed by atoms with Gasteiger partial charge in [-0.05, 0) is 35.3 Å². The molecule has 0 amide bonds. The smallest absolute Gasteiger partial charge is 0.0608 e. The summed E-state index contributed by atoms with van der Waals surface area (Å²) in [5.74, 6) is 0.890. The molecule has 1 aliphatic heterocycles. The molecule has 0 bridgehead atoms. The Hall–Kier alpha value is -0.590.